The molecule has 0 saturated heterocycles. The van der Waals surface area contributed by atoms with Crippen LogP contribution in [0.25, 0.3) is 0 Å². The molecule has 4 heteroatoms. The third-order valence-corrected chi connectivity index (χ3v) is 3.48. The SMILES string of the molecule is Cc1ccc(C(C)Nc2ncccc2F)s1. The molecule has 0 amide bonds. The summed E-state index contributed by atoms with van der Waals surface area (Å²) in [4.78, 5) is 6.41. The highest BCUT2D eigenvalue weighted by Crippen LogP contribution is 2.25. The Hall–Kier alpha value is -1.42. The Labute approximate surface area is 98.2 Å². The van der Waals surface area contributed by atoms with E-state index >= 15 is 0 Å². The molecule has 1 N–H and O–H groups in total. The smallest absolute Gasteiger partial charge is 0.165 e. The van der Waals surface area contributed by atoms with Crippen LogP contribution in [0, 0.1) is 12.7 Å². The highest BCUT2D eigenvalue weighted by Gasteiger charge is 2.10. The molecule has 16 heavy (non-hydrogen) atoms. The number of halogens is 1. The maximum Gasteiger partial charge on any atom is 0.165 e. The molecular weight excluding hydrogens is 223 g/mol. The highest BCUT2D eigenvalue weighted by molar-refractivity contribution is 7.12. The van der Waals surface area contributed by atoms with Gasteiger partial charge in [-0.25, -0.2) is 9.37 Å². The van der Waals surface area contributed by atoms with E-state index < -0.39 is 0 Å². The Morgan fingerprint density at radius 1 is 1.38 bits per heavy atom. The number of thiophene rings is 1. The highest BCUT2D eigenvalue weighted by atomic mass is 32.1. The number of hydrogen-bond acceptors (Lipinski definition) is 3. The zero-order chi connectivity index (χ0) is 11.5. The molecule has 0 fully saturated rings. The summed E-state index contributed by atoms with van der Waals surface area (Å²) in [6.07, 6.45) is 1.58. The van der Waals surface area contributed by atoms with Crippen LogP contribution in [-0.2, 0) is 0 Å². The third kappa shape index (κ3) is 2.39. The molecule has 0 saturated carbocycles. The normalized spacial score (nSPS) is 12.4. The predicted molar refractivity (Wildman–Crippen MR) is 65.3 cm³/mol. The lowest BCUT2D eigenvalue weighted by atomic mass is 10.2. The zero-order valence-corrected chi connectivity index (χ0v) is 10.0. The van der Waals surface area contributed by atoms with E-state index in [4.69, 9.17) is 0 Å². The summed E-state index contributed by atoms with van der Waals surface area (Å²) < 4.78 is 13.3. The van der Waals surface area contributed by atoms with Gasteiger partial charge in [0.05, 0.1) is 6.04 Å². The van der Waals surface area contributed by atoms with Crippen LogP contribution in [0.4, 0.5) is 10.2 Å². The van der Waals surface area contributed by atoms with E-state index in [0.717, 1.165) is 0 Å². The van der Waals surface area contributed by atoms with Crippen LogP contribution in [0.5, 0.6) is 0 Å². The number of aryl methyl sites for hydroxylation is 1. The van der Waals surface area contributed by atoms with Crippen molar-refractivity contribution in [2.75, 3.05) is 5.32 Å². The average molecular weight is 236 g/mol. The molecule has 0 bridgehead atoms. The van der Waals surface area contributed by atoms with E-state index in [1.165, 1.54) is 15.8 Å². The van der Waals surface area contributed by atoms with Gasteiger partial charge in [-0.2, -0.15) is 0 Å². The molecule has 2 aromatic rings. The molecule has 2 rings (SSSR count). The number of nitrogens with zero attached hydrogens (tertiary/aromatic N) is 1. The lowest BCUT2D eigenvalue weighted by Crippen LogP contribution is -2.07. The molecular formula is C12H13FN2S. The zero-order valence-electron chi connectivity index (χ0n) is 9.20. The minimum atomic E-state index is -0.317. The summed E-state index contributed by atoms with van der Waals surface area (Å²) in [5.41, 5.74) is 0. The van der Waals surface area contributed by atoms with Gasteiger partial charge in [-0.05, 0) is 38.1 Å². The molecule has 0 aliphatic carbocycles. The summed E-state index contributed by atoms with van der Waals surface area (Å²) >= 11 is 1.71. The van der Waals surface area contributed by atoms with Crippen LogP contribution in [-0.4, -0.2) is 4.98 Å². The van der Waals surface area contributed by atoms with Crippen molar-refractivity contribution < 1.29 is 4.39 Å². The van der Waals surface area contributed by atoms with Gasteiger partial charge in [0.25, 0.3) is 0 Å². The Morgan fingerprint density at radius 2 is 2.19 bits per heavy atom. The van der Waals surface area contributed by atoms with Crippen LogP contribution in [0.2, 0.25) is 0 Å². The van der Waals surface area contributed by atoms with E-state index in [1.54, 1.807) is 23.6 Å². The van der Waals surface area contributed by atoms with Crippen LogP contribution < -0.4 is 5.32 Å². The second-order valence-electron chi connectivity index (χ2n) is 3.65. The first-order chi connectivity index (χ1) is 7.66. The fourth-order valence-electron chi connectivity index (χ4n) is 1.45. The van der Waals surface area contributed by atoms with Crippen molar-refractivity contribution in [3.63, 3.8) is 0 Å². The molecule has 1 unspecified atom stereocenters. The standard InChI is InChI=1S/C12H13FN2S/c1-8-5-6-11(16-8)9(2)15-12-10(13)4-3-7-14-12/h3-7,9H,1-2H3,(H,14,15). The second-order valence-corrected chi connectivity index (χ2v) is 4.97. The van der Waals surface area contributed by atoms with Crippen molar-refractivity contribution >= 4 is 17.2 Å². The molecule has 0 radical (unpaired) electrons. The van der Waals surface area contributed by atoms with Crippen LogP contribution in [0.3, 0.4) is 0 Å². The first-order valence-corrected chi connectivity index (χ1v) is 5.92. The van der Waals surface area contributed by atoms with Gasteiger partial charge in [0.1, 0.15) is 0 Å². The van der Waals surface area contributed by atoms with Crippen molar-refractivity contribution in [3.05, 3.63) is 46.0 Å². The van der Waals surface area contributed by atoms with E-state index in [-0.39, 0.29) is 11.9 Å². The van der Waals surface area contributed by atoms with Crippen LogP contribution >= 0.6 is 11.3 Å². The second kappa shape index (κ2) is 4.61. The lowest BCUT2D eigenvalue weighted by Gasteiger charge is -2.12. The van der Waals surface area contributed by atoms with Gasteiger partial charge in [0, 0.05) is 16.0 Å². The first kappa shape index (κ1) is 11.1. The monoisotopic (exact) mass is 236 g/mol. The molecule has 0 aliphatic heterocycles. The van der Waals surface area contributed by atoms with Crippen LogP contribution in [0.1, 0.15) is 22.7 Å². The van der Waals surface area contributed by atoms with Crippen molar-refractivity contribution in [1.82, 2.24) is 4.98 Å². The number of nitrogens with one attached hydrogen (secondary N) is 1. The topological polar surface area (TPSA) is 24.9 Å². The molecule has 2 heterocycles. The maximum absolute atomic E-state index is 13.3. The quantitative estimate of drug-likeness (QED) is 0.877. The minimum absolute atomic E-state index is 0.0723. The van der Waals surface area contributed by atoms with Gasteiger partial charge in [-0.1, -0.05) is 0 Å². The van der Waals surface area contributed by atoms with Crippen molar-refractivity contribution in [2.45, 2.75) is 19.9 Å². The van der Waals surface area contributed by atoms with Crippen molar-refractivity contribution in [1.29, 1.82) is 0 Å². The Morgan fingerprint density at radius 3 is 2.81 bits per heavy atom. The van der Waals surface area contributed by atoms with Gasteiger partial charge in [-0.15, -0.1) is 11.3 Å². The molecule has 1 atom stereocenters. The molecule has 0 aromatic carbocycles. The Balaban J connectivity index is 2.13. The third-order valence-electron chi connectivity index (χ3n) is 2.30. The lowest BCUT2D eigenvalue weighted by molar-refractivity contribution is 0.621. The van der Waals surface area contributed by atoms with Crippen molar-refractivity contribution in [2.24, 2.45) is 0 Å². The molecule has 0 aliphatic rings. The summed E-state index contributed by atoms with van der Waals surface area (Å²) in [5.74, 6) is -0.0105. The molecule has 0 spiro atoms. The summed E-state index contributed by atoms with van der Waals surface area (Å²) in [5, 5.41) is 3.06. The number of anilines is 1. The summed E-state index contributed by atoms with van der Waals surface area (Å²) in [7, 11) is 0. The number of hydrogen-bond donors (Lipinski definition) is 1. The fourth-order valence-corrected chi connectivity index (χ4v) is 2.33. The Bertz CT molecular complexity index is 481. The van der Waals surface area contributed by atoms with Crippen molar-refractivity contribution in [3.8, 4) is 0 Å². The van der Waals surface area contributed by atoms with Gasteiger partial charge in [-0.3, -0.25) is 0 Å². The number of pyridine rings is 1. The van der Waals surface area contributed by atoms with Gasteiger partial charge >= 0.3 is 0 Å². The molecule has 84 valence electrons. The maximum atomic E-state index is 13.3. The number of aromatic nitrogens is 1. The van der Waals surface area contributed by atoms with Gasteiger partial charge in [0.2, 0.25) is 0 Å². The molecule has 2 aromatic heterocycles. The van der Waals surface area contributed by atoms with Gasteiger partial charge < -0.3 is 5.32 Å². The Kier molecular flexibility index (Phi) is 3.19. The average Bonchev–Trinajstić information content (AvgIpc) is 2.68. The summed E-state index contributed by atoms with van der Waals surface area (Å²) in [6, 6.07) is 7.18. The van der Waals surface area contributed by atoms with E-state index in [9.17, 15) is 4.39 Å². The predicted octanol–water partition coefficient (Wildman–Crippen LogP) is 3.76. The fraction of sp³-hybridized carbons (Fsp3) is 0.250. The van der Waals surface area contributed by atoms with E-state index in [0.29, 0.717) is 5.82 Å². The van der Waals surface area contributed by atoms with E-state index in [2.05, 4.69) is 29.4 Å². The minimum Gasteiger partial charge on any atom is -0.360 e. The largest absolute Gasteiger partial charge is 0.360 e. The molecule has 2 nitrogen and oxygen atoms in total. The van der Waals surface area contributed by atoms with Gasteiger partial charge in [0.15, 0.2) is 11.6 Å². The van der Waals surface area contributed by atoms with E-state index in [1.807, 2.05) is 6.92 Å². The van der Waals surface area contributed by atoms with Crippen LogP contribution in [0.15, 0.2) is 30.5 Å². The first-order valence-electron chi connectivity index (χ1n) is 5.10. The summed E-state index contributed by atoms with van der Waals surface area (Å²) in [6.45, 7) is 4.06. The number of rotatable bonds is 3.